The van der Waals surface area contributed by atoms with Crippen LogP contribution in [0.2, 0.25) is 5.02 Å². The molecule has 26 heavy (non-hydrogen) atoms. The van der Waals surface area contributed by atoms with Gasteiger partial charge in [-0.15, -0.1) is 0 Å². The summed E-state index contributed by atoms with van der Waals surface area (Å²) in [5, 5.41) is 4.04. The van der Waals surface area contributed by atoms with Gasteiger partial charge < -0.3 is 10.2 Å². The Balaban J connectivity index is 1.42. The molecule has 0 spiro atoms. The number of halogens is 1. The first-order chi connectivity index (χ1) is 12.6. The molecule has 0 saturated carbocycles. The van der Waals surface area contributed by atoms with E-state index in [1.165, 1.54) is 11.3 Å². The smallest absolute Gasteiger partial charge is 0.231 e. The molecule has 3 aromatic rings. The standard InChI is InChI=1S/C19H16ClN3O2S/c20-14-6-2-1-5-12(14)10-23-11-13(9-17(23)24)18(25)22-19-21-15-7-3-4-8-16(15)26-19/h1-8,13H,9-11H2,(H,21,22,25)/t13-/m0/s1. The summed E-state index contributed by atoms with van der Waals surface area (Å²) in [4.78, 5) is 30.9. The number of amides is 2. The van der Waals surface area contributed by atoms with E-state index in [1.54, 1.807) is 11.0 Å². The molecule has 1 aliphatic heterocycles. The fourth-order valence-electron chi connectivity index (χ4n) is 3.07. The summed E-state index contributed by atoms with van der Waals surface area (Å²) < 4.78 is 1.02. The van der Waals surface area contributed by atoms with Crippen molar-refractivity contribution in [3.63, 3.8) is 0 Å². The Bertz CT molecular complexity index is 955. The number of rotatable bonds is 4. The first-order valence-electron chi connectivity index (χ1n) is 8.28. The third-order valence-corrected chi connectivity index (χ3v) is 5.75. The van der Waals surface area contributed by atoms with Crippen LogP contribution in [0.5, 0.6) is 0 Å². The van der Waals surface area contributed by atoms with Crippen LogP contribution in [-0.2, 0) is 16.1 Å². The van der Waals surface area contributed by atoms with E-state index < -0.39 is 0 Å². The molecular formula is C19H16ClN3O2S. The van der Waals surface area contributed by atoms with E-state index in [0.29, 0.717) is 23.2 Å². The molecule has 1 atom stereocenters. The van der Waals surface area contributed by atoms with Crippen molar-refractivity contribution in [1.29, 1.82) is 0 Å². The number of fused-ring (bicyclic) bond motifs is 1. The summed E-state index contributed by atoms with van der Waals surface area (Å²) in [6.07, 6.45) is 0.210. The number of benzene rings is 2. The number of anilines is 1. The first kappa shape index (κ1) is 17.0. The number of hydrogen-bond donors (Lipinski definition) is 1. The highest BCUT2D eigenvalue weighted by molar-refractivity contribution is 7.22. The Morgan fingerprint density at radius 1 is 1.23 bits per heavy atom. The summed E-state index contributed by atoms with van der Waals surface area (Å²) in [6.45, 7) is 0.810. The van der Waals surface area contributed by atoms with E-state index in [-0.39, 0.29) is 24.2 Å². The van der Waals surface area contributed by atoms with Gasteiger partial charge >= 0.3 is 0 Å². The molecule has 0 aliphatic carbocycles. The number of nitrogens with one attached hydrogen (secondary N) is 1. The van der Waals surface area contributed by atoms with Gasteiger partial charge in [-0.3, -0.25) is 9.59 Å². The van der Waals surface area contributed by atoms with E-state index in [1.807, 2.05) is 42.5 Å². The Morgan fingerprint density at radius 2 is 2.00 bits per heavy atom. The van der Waals surface area contributed by atoms with Crippen LogP contribution >= 0.6 is 22.9 Å². The SMILES string of the molecule is O=C(Nc1nc2ccccc2s1)[C@H]1CC(=O)N(Cc2ccccc2Cl)C1. The maximum atomic E-state index is 12.6. The van der Waals surface area contributed by atoms with Crippen molar-refractivity contribution in [2.45, 2.75) is 13.0 Å². The number of aromatic nitrogens is 1. The number of carbonyl (C=O) groups is 2. The Morgan fingerprint density at radius 3 is 2.81 bits per heavy atom. The van der Waals surface area contributed by atoms with Gasteiger partial charge in [0.25, 0.3) is 0 Å². The molecule has 132 valence electrons. The number of thiazole rings is 1. The molecule has 0 bridgehead atoms. The van der Waals surface area contributed by atoms with Gasteiger partial charge in [-0.1, -0.05) is 53.3 Å². The highest BCUT2D eigenvalue weighted by Crippen LogP contribution is 2.28. The molecule has 1 N–H and O–H groups in total. The quantitative estimate of drug-likeness (QED) is 0.740. The summed E-state index contributed by atoms with van der Waals surface area (Å²) in [6, 6.07) is 15.2. The zero-order chi connectivity index (χ0) is 18.1. The maximum absolute atomic E-state index is 12.6. The molecular weight excluding hydrogens is 370 g/mol. The van der Waals surface area contributed by atoms with Crippen molar-refractivity contribution in [3.05, 3.63) is 59.1 Å². The van der Waals surface area contributed by atoms with Crippen LogP contribution < -0.4 is 5.32 Å². The molecule has 7 heteroatoms. The van der Waals surface area contributed by atoms with Crippen molar-refractivity contribution in [2.24, 2.45) is 5.92 Å². The van der Waals surface area contributed by atoms with Gasteiger partial charge in [0.05, 0.1) is 16.1 Å². The minimum atomic E-state index is -0.378. The second-order valence-electron chi connectivity index (χ2n) is 6.24. The lowest BCUT2D eigenvalue weighted by molar-refractivity contribution is -0.128. The third kappa shape index (κ3) is 3.43. The highest BCUT2D eigenvalue weighted by atomic mass is 35.5. The van der Waals surface area contributed by atoms with Crippen LogP contribution in [0.3, 0.4) is 0 Å². The average molecular weight is 386 g/mol. The molecule has 5 nitrogen and oxygen atoms in total. The zero-order valence-electron chi connectivity index (χ0n) is 13.8. The van der Waals surface area contributed by atoms with Crippen molar-refractivity contribution in [3.8, 4) is 0 Å². The van der Waals surface area contributed by atoms with Crippen LogP contribution in [0.4, 0.5) is 5.13 Å². The van der Waals surface area contributed by atoms with Gasteiger partial charge in [0, 0.05) is 24.5 Å². The van der Waals surface area contributed by atoms with E-state index >= 15 is 0 Å². The Labute approximate surface area is 159 Å². The van der Waals surface area contributed by atoms with Crippen molar-refractivity contribution >= 4 is 50.1 Å². The second kappa shape index (κ2) is 7.05. The summed E-state index contributed by atoms with van der Waals surface area (Å²) in [7, 11) is 0. The predicted molar refractivity (Wildman–Crippen MR) is 103 cm³/mol. The van der Waals surface area contributed by atoms with Crippen LogP contribution in [0.25, 0.3) is 10.2 Å². The molecule has 2 heterocycles. The van der Waals surface area contributed by atoms with Crippen LogP contribution in [0.15, 0.2) is 48.5 Å². The average Bonchev–Trinajstić information content (AvgIpc) is 3.20. The Kier molecular flexibility index (Phi) is 4.61. The number of nitrogens with zero attached hydrogens (tertiary/aromatic N) is 2. The number of para-hydroxylation sites is 1. The van der Waals surface area contributed by atoms with Gasteiger partial charge in [0.2, 0.25) is 11.8 Å². The van der Waals surface area contributed by atoms with E-state index in [9.17, 15) is 9.59 Å². The van der Waals surface area contributed by atoms with Crippen molar-refractivity contribution in [1.82, 2.24) is 9.88 Å². The highest BCUT2D eigenvalue weighted by Gasteiger charge is 2.34. The van der Waals surface area contributed by atoms with E-state index in [2.05, 4.69) is 10.3 Å². The third-order valence-electron chi connectivity index (χ3n) is 4.43. The van der Waals surface area contributed by atoms with Crippen LogP contribution in [-0.4, -0.2) is 28.2 Å². The molecule has 4 rings (SSSR count). The summed E-state index contributed by atoms with van der Waals surface area (Å²) >= 11 is 7.60. The fraction of sp³-hybridized carbons (Fsp3) is 0.211. The molecule has 2 amide bonds. The van der Waals surface area contributed by atoms with Crippen molar-refractivity contribution < 1.29 is 9.59 Å². The van der Waals surface area contributed by atoms with Gasteiger partial charge in [0.15, 0.2) is 5.13 Å². The van der Waals surface area contributed by atoms with Crippen LogP contribution in [0, 0.1) is 5.92 Å². The minimum Gasteiger partial charge on any atom is -0.337 e. The maximum Gasteiger partial charge on any atom is 0.231 e. The van der Waals surface area contributed by atoms with E-state index in [0.717, 1.165) is 15.8 Å². The molecule has 1 aromatic heterocycles. The minimum absolute atomic E-state index is 0.0330. The second-order valence-corrected chi connectivity index (χ2v) is 7.68. The molecule has 1 saturated heterocycles. The zero-order valence-corrected chi connectivity index (χ0v) is 15.4. The lowest BCUT2D eigenvalue weighted by Crippen LogP contribution is -2.28. The fourth-order valence-corrected chi connectivity index (χ4v) is 4.13. The van der Waals surface area contributed by atoms with Crippen LogP contribution in [0.1, 0.15) is 12.0 Å². The van der Waals surface area contributed by atoms with Crippen molar-refractivity contribution in [2.75, 3.05) is 11.9 Å². The molecule has 0 radical (unpaired) electrons. The van der Waals surface area contributed by atoms with Gasteiger partial charge in [0.1, 0.15) is 0 Å². The van der Waals surface area contributed by atoms with Gasteiger partial charge in [-0.2, -0.15) is 0 Å². The normalized spacial score (nSPS) is 17.0. The molecule has 1 aliphatic rings. The number of carbonyl (C=O) groups excluding carboxylic acids is 2. The predicted octanol–water partition coefficient (Wildman–Crippen LogP) is 3.94. The molecule has 0 unspecified atom stereocenters. The number of hydrogen-bond acceptors (Lipinski definition) is 4. The summed E-state index contributed by atoms with van der Waals surface area (Å²) in [5.41, 5.74) is 1.74. The Hall–Kier alpha value is -2.44. The van der Waals surface area contributed by atoms with Gasteiger partial charge in [-0.05, 0) is 23.8 Å². The molecule has 2 aromatic carbocycles. The molecule has 1 fully saturated rings. The van der Waals surface area contributed by atoms with E-state index in [4.69, 9.17) is 11.6 Å². The monoisotopic (exact) mass is 385 g/mol. The first-order valence-corrected chi connectivity index (χ1v) is 9.47. The lowest BCUT2D eigenvalue weighted by Gasteiger charge is -2.17. The largest absolute Gasteiger partial charge is 0.337 e. The van der Waals surface area contributed by atoms with Gasteiger partial charge in [-0.25, -0.2) is 4.98 Å². The number of likely N-dealkylation sites (tertiary alicyclic amines) is 1. The topological polar surface area (TPSA) is 62.3 Å². The summed E-state index contributed by atoms with van der Waals surface area (Å²) in [5.74, 6) is -0.578. The lowest BCUT2D eigenvalue weighted by atomic mass is 10.1.